The molecule has 1 aromatic carbocycles. The van der Waals surface area contributed by atoms with Gasteiger partial charge in [-0.2, -0.15) is 0 Å². The van der Waals surface area contributed by atoms with Crippen molar-refractivity contribution in [3.8, 4) is 0 Å². The third kappa shape index (κ3) is 4.32. The van der Waals surface area contributed by atoms with Crippen LogP contribution in [0, 0.1) is 19.8 Å². The summed E-state index contributed by atoms with van der Waals surface area (Å²) in [4.78, 5) is 2.42. The molecule has 2 heteroatoms. The summed E-state index contributed by atoms with van der Waals surface area (Å²) in [7, 11) is 0. The van der Waals surface area contributed by atoms with Gasteiger partial charge in [0.1, 0.15) is 0 Å². The van der Waals surface area contributed by atoms with Crippen LogP contribution < -0.4 is 0 Å². The first-order valence-electron chi connectivity index (χ1n) is 7.53. The Labute approximate surface area is 117 Å². The quantitative estimate of drug-likeness (QED) is 0.900. The molecule has 1 N–H and O–H groups in total. The van der Waals surface area contributed by atoms with Crippen LogP contribution in [-0.4, -0.2) is 29.6 Å². The second-order valence-electron chi connectivity index (χ2n) is 6.27. The molecule has 1 fully saturated rings. The lowest BCUT2D eigenvalue weighted by Gasteiger charge is -2.24. The largest absolute Gasteiger partial charge is 0.387 e. The highest BCUT2D eigenvalue weighted by Gasteiger charge is 2.17. The average molecular weight is 261 g/mol. The van der Waals surface area contributed by atoms with Crippen molar-refractivity contribution in [1.82, 2.24) is 4.90 Å². The molecule has 1 heterocycles. The molecule has 1 saturated heterocycles. The van der Waals surface area contributed by atoms with Crippen LogP contribution in [0.1, 0.15) is 49.0 Å². The summed E-state index contributed by atoms with van der Waals surface area (Å²) in [6, 6.07) is 6.38. The molecule has 1 aromatic rings. The number of hydrogen-bond donors (Lipinski definition) is 1. The van der Waals surface area contributed by atoms with Gasteiger partial charge in [0.15, 0.2) is 0 Å². The molecule has 0 amide bonds. The molecular formula is C17H27NO. The summed E-state index contributed by atoms with van der Waals surface area (Å²) < 4.78 is 0. The van der Waals surface area contributed by atoms with Crippen LogP contribution in [0.25, 0.3) is 0 Å². The third-order valence-corrected chi connectivity index (χ3v) is 4.17. The van der Waals surface area contributed by atoms with Gasteiger partial charge in [0, 0.05) is 6.54 Å². The van der Waals surface area contributed by atoms with E-state index in [0.717, 1.165) is 31.1 Å². The Morgan fingerprint density at radius 2 is 1.84 bits per heavy atom. The SMILES string of the molecule is Cc1cc(C)cc(C(O)CN2CCCC(C)CC2)c1. The minimum atomic E-state index is -0.355. The molecule has 2 nitrogen and oxygen atoms in total. The number of benzene rings is 1. The summed E-state index contributed by atoms with van der Waals surface area (Å²) >= 11 is 0. The Morgan fingerprint density at radius 3 is 2.53 bits per heavy atom. The first kappa shape index (κ1) is 14.5. The van der Waals surface area contributed by atoms with Gasteiger partial charge in [-0.15, -0.1) is 0 Å². The predicted octanol–water partition coefficient (Wildman–Crippen LogP) is 3.46. The highest BCUT2D eigenvalue weighted by Crippen LogP contribution is 2.21. The molecule has 2 unspecified atom stereocenters. The molecule has 0 spiro atoms. The normalized spacial score (nSPS) is 23.1. The van der Waals surface area contributed by atoms with E-state index in [0.29, 0.717) is 0 Å². The maximum atomic E-state index is 10.4. The molecule has 106 valence electrons. The van der Waals surface area contributed by atoms with Crippen molar-refractivity contribution in [3.63, 3.8) is 0 Å². The van der Waals surface area contributed by atoms with Gasteiger partial charge < -0.3 is 10.0 Å². The zero-order valence-corrected chi connectivity index (χ0v) is 12.5. The van der Waals surface area contributed by atoms with E-state index in [4.69, 9.17) is 0 Å². The fraction of sp³-hybridized carbons (Fsp3) is 0.647. The van der Waals surface area contributed by atoms with Crippen LogP contribution in [0.15, 0.2) is 18.2 Å². The van der Waals surface area contributed by atoms with Gasteiger partial charge in [-0.25, -0.2) is 0 Å². The lowest BCUT2D eigenvalue weighted by molar-refractivity contribution is 0.114. The van der Waals surface area contributed by atoms with E-state index in [9.17, 15) is 5.11 Å². The number of hydrogen-bond acceptors (Lipinski definition) is 2. The fourth-order valence-corrected chi connectivity index (χ4v) is 3.06. The first-order valence-corrected chi connectivity index (χ1v) is 7.53. The lowest BCUT2D eigenvalue weighted by atomic mass is 10.0. The molecule has 2 rings (SSSR count). The molecular weight excluding hydrogens is 234 g/mol. The highest BCUT2D eigenvalue weighted by atomic mass is 16.3. The van der Waals surface area contributed by atoms with Gasteiger partial charge in [-0.1, -0.05) is 36.2 Å². The van der Waals surface area contributed by atoms with E-state index >= 15 is 0 Å². The Kier molecular flexibility index (Phi) is 5.00. The molecule has 19 heavy (non-hydrogen) atoms. The van der Waals surface area contributed by atoms with Crippen LogP contribution in [-0.2, 0) is 0 Å². The van der Waals surface area contributed by atoms with Gasteiger partial charge >= 0.3 is 0 Å². The van der Waals surface area contributed by atoms with Gasteiger partial charge in [0.2, 0.25) is 0 Å². The van der Waals surface area contributed by atoms with Gasteiger partial charge in [0.05, 0.1) is 6.10 Å². The number of aliphatic hydroxyl groups excluding tert-OH is 1. The van der Waals surface area contributed by atoms with Gasteiger partial charge in [-0.3, -0.25) is 0 Å². The van der Waals surface area contributed by atoms with Crippen molar-refractivity contribution >= 4 is 0 Å². The fourth-order valence-electron chi connectivity index (χ4n) is 3.06. The van der Waals surface area contributed by atoms with Crippen LogP contribution in [0.5, 0.6) is 0 Å². The van der Waals surface area contributed by atoms with E-state index in [1.54, 1.807) is 0 Å². The van der Waals surface area contributed by atoms with E-state index in [1.165, 1.54) is 30.4 Å². The second kappa shape index (κ2) is 6.53. The van der Waals surface area contributed by atoms with Crippen LogP contribution >= 0.6 is 0 Å². The van der Waals surface area contributed by atoms with Crippen molar-refractivity contribution in [2.75, 3.05) is 19.6 Å². The summed E-state index contributed by atoms with van der Waals surface area (Å²) in [5.41, 5.74) is 3.53. The van der Waals surface area contributed by atoms with E-state index in [2.05, 4.69) is 43.9 Å². The third-order valence-electron chi connectivity index (χ3n) is 4.17. The van der Waals surface area contributed by atoms with Crippen molar-refractivity contribution in [3.05, 3.63) is 34.9 Å². The molecule has 0 bridgehead atoms. The Morgan fingerprint density at radius 1 is 1.16 bits per heavy atom. The Bertz CT molecular complexity index is 395. The Balaban J connectivity index is 1.97. The zero-order valence-electron chi connectivity index (χ0n) is 12.5. The first-order chi connectivity index (χ1) is 9.04. The molecule has 0 aliphatic carbocycles. The lowest BCUT2D eigenvalue weighted by Crippen LogP contribution is -2.29. The monoisotopic (exact) mass is 261 g/mol. The van der Waals surface area contributed by atoms with Crippen molar-refractivity contribution < 1.29 is 5.11 Å². The predicted molar refractivity (Wildman–Crippen MR) is 80.3 cm³/mol. The van der Waals surface area contributed by atoms with E-state index in [1.807, 2.05) is 0 Å². The van der Waals surface area contributed by atoms with Gasteiger partial charge in [0.25, 0.3) is 0 Å². The van der Waals surface area contributed by atoms with Crippen LogP contribution in [0.2, 0.25) is 0 Å². The van der Waals surface area contributed by atoms with Crippen LogP contribution in [0.4, 0.5) is 0 Å². The zero-order chi connectivity index (χ0) is 13.8. The number of likely N-dealkylation sites (tertiary alicyclic amines) is 1. The van der Waals surface area contributed by atoms with Crippen molar-refractivity contribution in [2.24, 2.45) is 5.92 Å². The summed E-state index contributed by atoms with van der Waals surface area (Å²) in [5.74, 6) is 0.836. The molecule has 1 aliphatic rings. The standard InChI is InChI=1S/C17H27NO/c1-13-5-4-7-18(8-6-13)12-17(19)16-10-14(2)9-15(3)11-16/h9-11,13,17,19H,4-8,12H2,1-3H3. The van der Waals surface area contributed by atoms with Crippen molar-refractivity contribution in [1.29, 1.82) is 0 Å². The number of β-amino-alcohol motifs (C(OH)–C–C–N with tert-alkyl or cyclic N) is 1. The number of aryl methyl sites for hydroxylation is 2. The molecule has 0 aromatic heterocycles. The highest BCUT2D eigenvalue weighted by molar-refractivity contribution is 5.30. The molecule has 0 radical (unpaired) electrons. The van der Waals surface area contributed by atoms with E-state index in [-0.39, 0.29) is 6.10 Å². The van der Waals surface area contributed by atoms with Crippen molar-refractivity contribution in [2.45, 2.75) is 46.1 Å². The average Bonchev–Trinajstić information content (AvgIpc) is 2.53. The molecule has 1 aliphatic heterocycles. The smallest absolute Gasteiger partial charge is 0.0917 e. The van der Waals surface area contributed by atoms with E-state index < -0.39 is 0 Å². The summed E-state index contributed by atoms with van der Waals surface area (Å²) in [6.45, 7) is 9.56. The molecule has 0 saturated carbocycles. The minimum Gasteiger partial charge on any atom is -0.387 e. The minimum absolute atomic E-state index is 0.355. The number of nitrogens with zero attached hydrogens (tertiary/aromatic N) is 1. The van der Waals surface area contributed by atoms with Gasteiger partial charge in [-0.05, 0) is 57.7 Å². The Hall–Kier alpha value is -0.860. The summed E-state index contributed by atoms with van der Waals surface area (Å²) in [6.07, 6.45) is 3.50. The maximum absolute atomic E-state index is 10.4. The number of aliphatic hydroxyl groups is 1. The topological polar surface area (TPSA) is 23.5 Å². The van der Waals surface area contributed by atoms with Crippen LogP contribution in [0.3, 0.4) is 0 Å². The maximum Gasteiger partial charge on any atom is 0.0917 e. The number of rotatable bonds is 3. The molecule has 2 atom stereocenters. The second-order valence-corrected chi connectivity index (χ2v) is 6.27. The summed E-state index contributed by atoms with van der Waals surface area (Å²) in [5, 5.41) is 10.4.